The largest absolute Gasteiger partial charge is 0.341 e. The Kier molecular flexibility index (Phi) is 5.26. The smallest absolute Gasteiger partial charge is 0.238 e. The number of carbonyl (C=O) groups is 2. The van der Waals surface area contributed by atoms with Crippen LogP contribution in [-0.4, -0.2) is 51.3 Å². The molecule has 4 N–H and O–H groups in total. The fourth-order valence-electron chi connectivity index (χ4n) is 2.61. The average molecular weight is 354 g/mol. The van der Waals surface area contributed by atoms with Crippen molar-refractivity contribution in [1.82, 2.24) is 4.90 Å². The van der Waals surface area contributed by atoms with Crippen LogP contribution in [0.2, 0.25) is 0 Å². The number of nitrogens with zero attached hydrogens (tertiary/aromatic N) is 2. The number of anilines is 1. The van der Waals surface area contributed by atoms with Gasteiger partial charge in [0.25, 0.3) is 0 Å². The molecule has 132 valence electrons. The fraction of sp³-hybridized carbons (Fsp3) is 0.467. The highest BCUT2D eigenvalue weighted by atomic mass is 32.2. The molecule has 0 spiro atoms. The van der Waals surface area contributed by atoms with Crippen molar-refractivity contribution in [3.63, 3.8) is 0 Å². The van der Waals surface area contributed by atoms with E-state index in [9.17, 15) is 18.0 Å². The first-order valence-electron chi connectivity index (χ1n) is 7.55. The molecule has 2 rings (SSSR count). The zero-order valence-electron chi connectivity index (χ0n) is 13.7. The van der Waals surface area contributed by atoms with E-state index in [1.807, 2.05) is 6.92 Å². The van der Waals surface area contributed by atoms with Crippen molar-refractivity contribution in [2.75, 3.05) is 25.0 Å². The molecule has 24 heavy (non-hydrogen) atoms. The molecule has 1 heterocycles. The monoisotopic (exact) mass is 354 g/mol. The Balaban J connectivity index is 2.20. The third kappa shape index (κ3) is 3.74. The average Bonchev–Trinajstić information content (AvgIpc) is 2.93. The van der Waals surface area contributed by atoms with Crippen molar-refractivity contribution in [1.29, 1.82) is 0 Å². The van der Waals surface area contributed by atoms with E-state index in [0.717, 1.165) is 0 Å². The Hall–Kier alpha value is -1.97. The molecule has 0 saturated carbocycles. The Morgan fingerprint density at radius 2 is 2.12 bits per heavy atom. The molecule has 2 unspecified atom stereocenters. The lowest BCUT2D eigenvalue weighted by Gasteiger charge is -2.26. The minimum atomic E-state index is -3.86. The summed E-state index contributed by atoms with van der Waals surface area (Å²) < 4.78 is 22.9. The normalized spacial score (nSPS) is 19.4. The van der Waals surface area contributed by atoms with Crippen molar-refractivity contribution in [3.05, 3.63) is 24.3 Å². The molecule has 1 aliphatic rings. The molecule has 2 atom stereocenters. The zero-order chi connectivity index (χ0) is 18.1. The van der Waals surface area contributed by atoms with Gasteiger partial charge in [-0.3, -0.25) is 9.59 Å². The van der Waals surface area contributed by atoms with E-state index in [2.05, 4.69) is 0 Å². The summed E-state index contributed by atoms with van der Waals surface area (Å²) in [6.07, 6.45) is 0.0834. The van der Waals surface area contributed by atoms with Gasteiger partial charge in [-0.05, 0) is 25.1 Å². The van der Waals surface area contributed by atoms with Gasteiger partial charge >= 0.3 is 0 Å². The summed E-state index contributed by atoms with van der Waals surface area (Å²) in [6, 6.07) is 5.71. The van der Waals surface area contributed by atoms with Gasteiger partial charge < -0.3 is 15.5 Å². The third-order valence-electron chi connectivity index (χ3n) is 4.28. The van der Waals surface area contributed by atoms with Crippen LogP contribution in [0.5, 0.6) is 0 Å². The molecule has 1 aromatic rings. The topological polar surface area (TPSA) is 127 Å². The van der Waals surface area contributed by atoms with Gasteiger partial charge in [0.05, 0.1) is 10.8 Å². The number of nitrogens with two attached hydrogens (primary N) is 2. The molecule has 1 aliphatic heterocycles. The lowest BCUT2D eigenvalue weighted by Crippen LogP contribution is -2.43. The molecular weight excluding hydrogens is 332 g/mol. The van der Waals surface area contributed by atoms with Gasteiger partial charge in [-0.1, -0.05) is 6.07 Å². The quantitative estimate of drug-likeness (QED) is 0.736. The SMILES string of the molecule is CC(CN)N(C)C(=O)C1CC(=O)N(c2cccc(S(N)(=O)=O)c2)C1. The van der Waals surface area contributed by atoms with Crippen LogP contribution in [0, 0.1) is 5.92 Å². The number of benzene rings is 1. The second-order valence-corrected chi connectivity index (χ2v) is 7.54. The number of hydrogen-bond acceptors (Lipinski definition) is 5. The van der Waals surface area contributed by atoms with Crippen LogP contribution in [0.15, 0.2) is 29.2 Å². The van der Waals surface area contributed by atoms with Crippen molar-refractivity contribution in [2.24, 2.45) is 16.8 Å². The summed E-state index contributed by atoms with van der Waals surface area (Å²) in [5.74, 6) is -0.852. The predicted octanol–water partition coefficient (Wildman–Crippen LogP) is -0.507. The van der Waals surface area contributed by atoms with Gasteiger partial charge in [-0.2, -0.15) is 0 Å². The van der Waals surface area contributed by atoms with Crippen molar-refractivity contribution in [3.8, 4) is 0 Å². The van der Waals surface area contributed by atoms with E-state index in [-0.39, 0.29) is 35.7 Å². The lowest BCUT2D eigenvalue weighted by atomic mass is 10.1. The maximum absolute atomic E-state index is 12.5. The summed E-state index contributed by atoms with van der Waals surface area (Å²) >= 11 is 0. The van der Waals surface area contributed by atoms with Crippen LogP contribution in [0.25, 0.3) is 0 Å². The number of likely N-dealkylation sites (N-methyl/N-ethyl adjacent to an activating group) is 1. The van der Waals surface area contributed by atoms with E-state index in [4.69, 9.17) is 10.9 Å². The fourth-order valence-corrected chi connectivity index (χ4v) is 3.17. The first-order chi connectivity index (χ1) is 11.1. The first-order valence-corrected chi connectivity index (χ1v) is 9.09. The standard InChI is InChI=1S/C15H22N4O4S/c1-10(8-16)18(2)15(21)11-6-14(20)19(9-11)12-4-3-5-13(7-12)24(17,22)23/h3-5,7,10-11H,6,8-9,16H2,1-2H3,(H2,17,22,23). The molecule has 2 amide bonds. The highest BCUT2D eigenvalue weighted by Gasteiger charge is 2.37. The number of primary sulfonamides is 1. The Morgan fingerprint density at radius 1 is 1.46 bits per heavy atom. The molecule has 1 fully saturated rings. The number of amides is 2. The summed E-state index contributed by atoms with van der Waals surface area (Å²) in [5, 5.41) is 5.12. The molecule has 8 nitrogen and oxygen atoms in total. The van der Waals surface area contributed by atoms with E-state index in [0.29, 0.717) is 12.2 Å². The van der Waals surface area contributed by atoms with Gasteiger partial charge in [0.15, 0.2) is 0 Å². The number of carbonyl (C=O) groups excluding carboxylic acids is 2. The Morgan fingerprint density at radius 3 is 2.71 bits per heavy atom. The van der Waals surface area contributed by atoms with E-state index < -0.39 is 15.9 Å². The van der Waals surface area contributed by atoms with Gasteiger partial charge in [0.2, 0.25) is 21.8 Å². The molecule has 1 aromatic carbocycles. The van der Waals surface area contributed by atoms with E-state index >= 15 is 0 Å². The molecule has 9 heteroatoms. The van der Waals surface area contributed by atoms with Crippen molar-refractivity contribution < 1.29 is 18.0 Å². The van der Waals surface area contributed by atoms with Crippen LogP contribution >= 0.6 is 0 Å². The lowest BCUT2D eigenvalue weighted by molar-refractivity contribution is -0.136. The molecule has 0 bridgehead atoms. The Bertz CT molecular complexity index is 750. The summed E-state index contributed by atoms with van der Waals surface area (Å²) in [4.78, 5) is 27.6. The van der Waals surface area contributed by atoms with Gasteiger partial charge in [-0.25, -0.2) is 13.6 Å². The van der Waals surface area contributed by atoms with Gasteiger partial charge in [-0.15, -0.1) is 0 Å². The van der Waals surface area contributed by atoms with Crippen molar-refractivity contribution >= 4 is 27.5 Å². The minimum absolute atomic E-state index is 0.0727. The second-order valence-electron chi connectivity index (χ2n) is 5.98. The number of sulfonamides is 1. The van der Waals surface area contributed by atoms with Crippen LogP contribution in [-0.2, 0) is 19.6 Å². The van der Waals surface area contributed by atoms with Crippen LogP contribution in [0.3, 0.4) is 0 Å². The summed E-state index contributed by atoms with van der Waals surface area (Å²) in [5.41, 5.74) is 5.99. The number of rotatable bonds is 5. The molecule has 0 radical (unpaired) electrons. The molecule has 1 saturated heterocycles. The van der Waals surface area contributed by atoms with Crippen molar-refractivity contribution in [2.45, 2.75) is 24.3 Å². The zero-order valence-corrected chi connectivity index (χ0v) is 14.5. The van der Waals surface area contributed by atoms with Crippen LogP contribution < -0.4 is 15.8 Å². The van der Waals surface area contributed by atoms with Gasteiger partial charge in [0.1, 0.15) is 0 Å². The van der Waals surface area contributed by atoms with E-state index in [1.54, 1.807) is 18.0 Å². The highest BCUT2D eigenvalue weighted by Crippen LogP contribution is 2.27. The second kappa shape index (κ2) is 6.88. The minimum Gasteiger partial charge on any atom is -0.341 e. The maximum atomic E-state index is 12.5. The summed E-state index contributed by atoms with van der Waals surface area (Å²) in [6.45, 7) is 2.37. The third-order valence-corrected chi connectivity index (χ3v) is 5.19. The molecule has 0 aliphatic carbocycles. The first kappa shape index (κ1) is 18.4. The predicted molar refractivity (Wildman–Crippen MR) is 89.6 cm³/mol. The Labute approximate surface area is 141 Å². The molecule has 0 aromatic heterocycles. The van der Waals surface area contributed by atoms with Crippen LogP contribution in [0.4, 0.5) is 5.69 Å². The summed E-state index contributed by atoms with van der Waals surface area (Å²) in [7, 11) is -2.20. The highest BCUT2D eigenvalue weighted by molar-refractivity contribution is 7.89. The van der Waals surface area contributed by atoms with E-state index in [1.165, 1.54) is 23.1 Å². The van der Waals surface area contributed by atoms with Gasteiger partial charge in [0, 0.05) is 38.3 Å². The van der Waals surface area contributed by atoms with Crippen LogP contribution in [0.1, 0.15) is 13.3 Å². The molecular formula is C15H22N4O4S. The number of hydrogen-bond donors (Lipinski definition) is 2. The maximum Gasteiger partial charge on any atom is 0.238 e.